The van der Waals surface area contributed by atoms with Crippen molar-refractivity contribution >= 4 is 5.97 Å². The van der Waals surface area contributed by atoms with Crippen molar-refractivity contribution < 1.29 is 9.90 Å². The van der Waals surface area contributed by atoms with Crippen LogP contribution in [0.25, 0.3) is 11.5 Å². The summed E-state index contributed by atoms with van der Waals surface area (Å²) in [5.74, 6) is -0.364. The van der Waals surface area contributed by atoms with Crippen molar-refractivity contribution in [1.82, 2.24) is 30.0 Å². The van der Waals surface area contributed by atoms with Crippen LogP contribution < -0.4 is 0 Å². The first-order valence-electron chi connectivity index (χ1n) is 5.49. The molecule has 18 heavy (non-hydrogen) atoms. The number of rotatable bonds is 4. The maximum Gasteiger partial charge on any atom is 0.305 e. The van der Waals surface area contributed by atoms with Crippen molar-refractivity contribution in [3.63, 3.8) is 0 Å². The molecule has 2 aromatic rings. The Bertz CT molecular complexity index is 573. The van der Waals surface area contributed by atoms with Crippen LogP contribution in [-0.2, 0) is 11.8 Å². The fourth-order valence-corrected chi connectivity index (χ4v) is 1.82. The van der Waals surface area contributed by atoms with Crippen molar-refractivity contribution in [2.45, 2.75) is 26.3 Å². The summed E-state index contributed by atoms with van der Waals surface area (Å²) in [6.45, 7) is 3.63. The molecule has 0 aliphatic rings. The highest BCUT2D eigenvalue weighted by molar-refractivity contribution is 5.67. The number of tetrazole rings is 1. The Hall–Kier alpha value is -2.25. The van der Waals surface area contributed by atoms with Gasteiger partial charge in [-0.25, -0.2) is 4.68 Å². The minimum absolute atomic E-state index is 0.0329. The number of nitrogens with zero attached hydrogens (tertiary/aromatic N) is 6. The Morgan fingerprint density at radius 1 is 1.56 bits per heavy atom. The molecule has 0 radical (unpaired) electrons. The van der Waals surface area contributed by atoms with Gasteiger partial charge in [0.15, 0.2) is 0 Å². The van der Waals surface area contributed by atoms with E-state index in [1.165, 1.54) is 4.68 Å². The van der Waals surface area contributed by atoms with Crippen LogP contribution in [-0.4, -0.2) is 41.1 Å². The van der Waals surface area contributed by atoms with Crippen molar-refractivity contribution in [3.8, 4) is 11.5 Å². The molecular weight excluding hydrogens is 236 g/mol. The molecule has 0 aromatic carbocycles. The van der Waals surface area contributed by atoms with E-state index in [-0.39, 0.29) is 12.5 Å². The predicted octanol–water partition coefficient (Wildman–Crippen LogP) is 0.418. The van der Waals surface area contributed by atoms with Crippen molar-refractivity contribution in [2.24, 2.45) is 7.05 Å². The summed E-state index contributed by atoms with van der Waals surface area (Å²) in [5, 5.41) is 24.4. The summed E-state index contributed by atoms with van der Waals surface area (Å²) >= 11 is 0. The Kier molecular flexibility index (Phi) is 3.09. The summed E-state index contributed by atoms with van der Waals surface area (Å²) in [6, 6.07) is 1.54. The molecule has 8 heteroatoms. The van der Waals surface area contributed by atoms with Gasteiger partial charge in [-0.1, -0.05) is 0 Å². The number of aromatic nitrogens is 6. The van der Waals surface area contributed by atoms with Crippen LogP contribution in [0.5, 0.6) is 0 Å². The second-order valence-corrected chi connectivity index (χ2v) is 4.19. The molecule has 8 nitrogen and oxygen atoms in total. The van der Waals surface area contributed by atoms with Crippen LogP contribution in [0, 0.1) is 6.92 Å². The van der Waals surface area contributed by atoms with Crippen LogP contribution in [0.2, 0.25) is 0 Å². The van der Waals surface area contributed by atoms with Crippen LogP contribution in [0.15, 0.2) is 6.07 Å². The van der Waals surface area contributed by atoms with Crippen LogP contribution in [0.1, 0.15) is 25.1 Å². The first-order chi connectivity index (χ1) is 8.49. The van der Waals surface area contributed by atoms with Gasteiger partial charge in [0.25, 0.3) is 0 Å². The molecule has 0 bridgehead atoms. The van der Waals surface area contributed by atoms with E-state index >= 15 is 0 Å². The summed E-state index contributed by atoms with van der Waals surface area (Å²) in [6.07, 6.45) is -0.0329. The number of hydrogen-bond donors (Lipinski definition) is 1. The Labute approximate surface area is 103 Å². The highest BCUT2D eigenvalue weighted by Crippen LogP contribution is 2.20. The number of hydrogen-bond acceptors (Lipinski definition) is 5. The normalized spacial score (nSPS) is 12.6. The van der Waals surface area contributed by atoms with Crippen molar-refractivity contribution in [1.29, 1.82) is 0 Å². The Balaban J connectivity index is 2.38. The lowest BCUT2D eigenvalue weighted by Crippen LogP contribution is -2.14. The molecule has 1 unspecified atom stereocenters. The second-order valence-electron chi connectivity index (χ2n) is 4.19. The van der Waals surface area contributed by atoms with E-state index in [2.05, 4.69) is 20.6 Å². The van der Waals surface area contributed by atoms with Gasteiger partial charge in [0.05, 0.1) is 18.2 Å². The van der Waals surface area contributed by atoms with Crippen LogP contribution in [0.3, 0.4) is 0 Å². The molecule has 0 spiro atoms. The molecule has 2 rings (SSSR count). The molecule has 0 aliphatic heterocycles. The molecule has 0 aliphatic carbocycles. The van der Waals surface area contributed by atoms with Crippen molar-refractivity contribution in [3.05, 3.63) is 11.8 Å². The topological polar surface area (TPSA) is 98.7 Å². The lowest BCUT2D eigenvalue weighted by atomic mass is 10.2. The number of carboxylic acid groups (broad SMARTS) is 1. The average Bonchev–Trinajstić information content (AvgIpc) is 2.83. The maximum atomic E-state index is 10.7. The summed E-state index contributed by atoms with van der Waals surface area (Å²) in [7, 11) is 1.79. The van der Waals surface area contributed by atoms with Crippen molar-refractivity contribution in [2.75, 3.05) is 0 Å². The second kappa shape index (κ2) is 4.55. The third-order valence-corrected chi connectivity index (χ3v) is 2.61. The minimum atomic E-state index is -0.884. The molecular formula is C10H14N6O2. The zero-order chi connectivity index (χ0) is 13.3. The molecule has 0 fully saturated rings. The highest BCUT2D eigenvalue weighted by Gasteiger charge is 2.19. The number of aliphatic carboxylic acids is 1. The van der Waals surface area contributed by atoms with E-state index in [0.717, 1.165) is 11.4 Å². The summed E-state index contributed by atoms with van der Waals surface area (Å²) in [5.41, 5.74) is 1.61. The van der Waals surface area contributed by atoms with Gasteiger partial charge in [-0.3, -0.25) is 9.48 Å². The quantitative estimate of drug-likeness (QED) is 0.844. The van der Waals surface area contributed by atoms with Gasteiger partial charge in [-0.15, -0.1) is 5.10 Å². The molecule has 2 aromatic heterocycles. The fraction of sp³-hybridized carbons (Fsp3) is 0.500. The fourth-order valence-electron chi connectivity index (χ4n) is 1.82. The third kappa shape index (κ3) is 2.22. The van der Waals surface area contributed by atoms with E-state index in [4.69, 9.17) is 5.11 Å². The first kappa shape index (κ1) is 12.2. The summed E-state index contributed by atoms with van der Waals surface area (Å²) < 4.78 is 3.18. The predicted molar refractivity (Wildman–Crippen MR) is 61.7 cm³/mol. The molecule has 1 N–H and O–H groups in total. The van der Waals surface area contributed by atoms with Gasteiger partial charge in [-0.05, 0) is 30.3 Å². The zero-order valence-electron chi connectivity index (χ0n) is 10.4. The largest absolute Gasteiger partial charge is 0.481 e. The van der Waals surface area contributed by atoms with Gasteiger partial charge in [0, 0.05) is 7.05 Å². The monoisotopic (exact) mass is 250 g/mol. The standard InChI is InChI=1S/C10H14N6O2/c1-6-4-8(15(3)12-6)10-11-13-14-16(10)7(2)5-9(17)18/h4,7H,5H2,1-3H3,(H,17,18). The van der Waals surface area contributed by atoms with Gasteiger partial charge in [0.2, 0.25) is 5.82 Å². The van der Waals surface area contributed by atoms with Gasteiger partial charge < -0.3 is 5.11 Å². The van der Waals surface area contributed by atoms with Gasteiger partial charge >= 0.3 is 5.97 Å². The lowest BCUT2D eigenvalue weighted by Gasteiger charge is -2.10. The zero-order valence-corrected chi connectivity index (χ0v) is 10.4. The maximum absolute atomic E-state index is 10.7. The molecule has 0 saturated heterocycles. The number of aryl methyl sites for hydroxylation is 2. The lowest BCUT2D eigenvalue weighted by molar-refractivity contribution is -0.137. The molecule has 0 amide bonds. The SMILES string of the molecule is Cc1cc(-c2nnnn2C(C)CC(=O)O)n(C)n1. The number of carboxylic acids is 1. The Morgan fingerprint density at radius 3 is 2.83 bits per heavy atom. The van der Waals surface area contributed by atoms with Gasteiger partial charge in [0.1, 0.15) is 5.69 Å². The molecule has 96 valence electrons. The van der Waals surface area contributed by atoms with E-state index in [0.29, 0.717) is 5.82 Å². The Morgan fingerprint density at radius 2 is 2.28 bits per heavy atom. The third-order valence-electron chi connectivity index (χ3n) is 2.61. The molecule has 2 heterocycles. The van der Waals surface area contributed by atoms with E-state index < -0.39 is 5.97 Å². The number of carbonyl (C=O) groups is 1. The average molecular weight is 250 g/mol. The van der Waals surface area contributed by atoms with Crippen LogP contribution >= 0.6 is 0 Å². The minimum Gasteiger partial charge on any atom is -0.481 e. The van der Waals surface area contributed by atoms with Gasteiger partial charge in [-0.2, -0.15) is 5.10 Å². The van der Waals surface area contributed by atoms with E-state index in [1.54, 1.807) is 18.7 Å². The highest BCUT2D eigenvalue weighted by atomic mass is 16.4. The van der Waals surface area contributed by atoms with Crippen LogP contribution in [0.4, 0.5) is 0 Å². The molecule has 1 atom stereocenters. The smallest absolute Gasteiger partial charge is 0.305 e. The first-order valence-corrected chi connectivity index (χ1v) is 5.49. The van der Waals surface area contributed by atoms with E-state index in [9.17, 15) is 4.79 Å². The molecule has 0 saturated carbocycles. The van der Waals surface area contributed by atoms with E-state index in [1.807, 2.05) is 13.0 Å². The summed E-state index contributed by atoms with van der Waals surface area (Å²) in [4.78, 5) is 10.7.